The molecule has 3 aromatic rings. The summed E-state index contributed by atoms with van der Waals surface area (Å²) in [6.45, 7) is 0. The van der Waals surface area contributed by atoms with E-state index in [0.717, 1.165) is 0 Å². The van der Waals surface area contributed by atoms with Crippen LogP contribution in [-0.2, 0) is 0 Å². The van der Waals surface area contributed by atoms with E-state index in [-0.39, 0.29) is 11.7 Å². The molecule has 4 nitrogen and oxygen atoms in total. The topological polar surface area (TPSA) is 54.0 Å². The third-order valence-corrected chi connectivity index (χ3v) is 3.89. The Kier molecular flexibility index (Phi) is 5.16. The van der Waals surface area contributed by atoms with Crippen LogP contribution in [0, 0.1) is 5.82 Å². The van der Waals surface area contributed by atoms with Crippen LogP contribution in [-0.4, -0.2) is 10.9 Å². The summed E-state index contributed by atoms with van der Waals surface area (Å²) in [4.78, 5) is 16.1. The zero-order valence-corrected chi connectivity index (χ0v) is 14.3. The van der Waals surface area contributed by atoms with Gasteiger partial charge >= 0.3 is 0 Å². The zero-order valence-electron chi connectivity index (χ0n) is 12.8. The molecule has 25 heavy (non-hydrogen) atoms. The Morgan fingerprint density at radius 2 is 1.68 bits per heavy atom. The van der Waals surface area contributed by atoms with Crippen molar-refractivity contribution in [1.29, 1.82) is 0 Å². The Labute approximate surface area is 153 Å². The van der Waals surface area contributed by atoms with E-state index >= 15 is 0 Å². The molecule has 0 spiro atoms. The van der Waals surface area contributed by atoms with Crippen LogP contribution in [0.1, 0.15) is 10.4 Å². The molecule has 7 heteroatoms. The molecule has 0 fully saturated rings. The minimum atomic E-state index is -0.325. The first-order valence-electron chi connectivity index (χ1n) is 7.26. The van der Waals surface area contributed by atoms with E-state index in [0.29, 0.717) is 32.8 Å². The van der Waals surface area contributed by atoms with E-state index in [1.165, 1.54) is 18.3 Å². The Morgan fingerprint density at radius 3 is 2.36 bits per heavy atom. The molecule has 0 radical (unpaired) electrons. The molecule has 1 aromatic heterocycles. The molecular weight excluding hydrogens is 364 g/mol. The van der Waals surface area contributed by atoms with Gasteiger partial charge in [-0.15, -0.1) is 0 Å². The first-order chi connectivity index (χ1) is 12.0. The average Bonchev–Trinajstić information content (AvgIpc) is 2.60. The van der Waals surface area contributed by atoms with E-state index in [4.69, 9.17) is 23.2 Å². The number of halogens is 3. The second-order valence-electron chi connectivity index (χ2n) is 5.15. The van der Waals surface area contributed by atoms with Crippen LogP contribution in [0.3, 0.4) is 0 Å². The van der Waals surface area contributed by atoms with Gasteiger partial charge in [-0.25, -0.2) is 9.37 Å². The number of nitrogens with one attached hydrogen (secondary N) is 2. The van der Waals surface area contributed by atoms with E-state index in [1.54, 1.807) is 42.5 Å². The molecule has 0 unspecified atom stereocenters. The molecule has 0 aliphatic carbocycles. The van der Waals surface area contributed by atoms with E-state index < -0.39 is 0 Å². The van der Waals surface area contributed by atoms with Gasteiger partial charge in [0, 0.05) is 17.6 Å². The summed E-state index contributed by atoms with van der Waals surface area (Å²) in [5.41, 5.74) is 2.19. The van der Waals surface area contributed by atoms with Crippen molar-refractivity contribution >= 4 is 46.2 Å². The standard InChI is InChI=1S/C18H12Cl2FN3O/c19-15-7-6-14(24-18(25)11-1-8-17(20)22-10-11)9-16(15)23-13-4-2-12(21)3-5-13/h1-10,23H,(H,24,25). The number of hydrogen-bond acceptors (Lipinski definition) is 3. The minimum Gasteiger partial charge on any atom is -0.354 e. The normalized spacial score (nSPS) is 10.4. The van der Waals surface area contributed by atoms with Crippen LogP contribution in [0.25, 0.3) is 0 Å². The molecule has 2 aromatic carbocycles. The third kappa shape index (κ3) is 4.47. The lowest BCUT2D eigenvalue weighted by Crippen LogP contribution is -2.12. The van der Waals surface area contributed by atoms with Gasteiger partial charge in [-0.2, -0.15) is 0 Å². The zero-order chi connectivity index (χ0) is 17.8. The Bertz CT molecular complexity index is 899. The van der Waals surface area contributed by atoms with Gasteiger partial charge in [0.05, 0.1) is 16.3 Å². The maximum absolute atomic E-state index is 13.0. The summed E-state index contributed by atoms with van der Waals surface area (Å²) in [5, 5.41) is 6.62. The van der Waals surface area contributed by atoms with Crippen molar-refractivity contribution in [3.8, 4) is 0 Å². The molecule has 0 saturated carbocycles. The number of rotatable bonds is 4. The molecule has 1 amide bonds. The van der Waals surface area contributed by atoms with Crippen molar-refractivity contribution in [2.24, 2.45) is 0 Å². The number of pyridine rings is 1. The SMILES string of the molecule is O=C(Nc1ccc(Cl)c(Nc2ccc(F)cc2)c1)c1ccc(Cl)nc1. The molecular formula is C18H12Cl2FN3O. The molecule has 0 aliphatic heterocycles. The van der Waals surface area contributed by atoms with Crippen molar-refractivity contribution < 1.29 is 9.18 Å². The molecule has 1 heterocycles. The number of carbonyl (C=O) groups is 1. The van der Waals surface area contributed by atoms with Crippen LogP contribution >= 0.6 is 23.2 Å². The van der Waals surface area contributed by atoms with E-state index in [1.807, 2.05) is 0 Å². The summed E-state index contributed by atoms with van der Waals surface area (Å²) in [6, 6.07) is 14.0. The Hall–Kier alpha value is -2.63. The minimum absolute atomic E-state index is 0.314. The van der Waals surface area contributed by atoms with Crippen LogP contribution in [0.4, 0.5) is 21.5 Å². The van der Waals surface area contributed by atoms with E-state index in [2.05, 4.69) is 15.6 Å². The highest BCUT2D eigenvalue weighted by atomic mass is 35.5. The highest BCUT2D eigenvalue weighted by molar-refractivity contribution is 6.33. The van der Waals surface area contributed by atoms with Gasteiger partial charge in [0.1, 0.15) is 11.0 Å². The number of hydrogen-bond donors (Lipinski definition) is 2. The summed E-state index contributed by atoms with van der Waals surface area (Å²) < 4.78 is 13.0. The average molecular weight is 376 g/mol. The fourth-order valence-corrected chi connectivity index (χ4v) is 2.38. The second-order valence-corrected chi connectivity index (χ2v) is 5.94. The monoisotopic (exact) mass is 375 g/mol. The van der Waals surface area contributed by atoms with Gasteiger partial charge in [0.2, 0.25) is 0 Å². The van der Waals surface area contributed by atoms with Crippen LogP contribution < -0.4 is 10.6 Å². The predicted octanol–water partition coefficient (Wildman–Crippen LogP) is 5.52. The number of anilines is 3. The van der Waals surface area contributed by atoms with Crippen molar-refractivity contribution in [1.82, 2.24) is 4.98 Å². The Morgan fingerprint density at radius 1 is 0.960 bits per heavy atom. The lowest BCUT2D eigenvalue weighted by Gasteiger charge is -2.11. The van der Waals surface area contributed by atoms with Gasteiger partial charge in [-0.3, -0.25) is 4.79 Å². The van der Waals surface area contributed by atoms with Gasteiger partial charge < -0.3 is 10.6 Å². The number of benzene rings is 2. The van der Waals surface area contributed by atoms with Crippen LogP contribution in [0.2, 0.25) is 10.2 Å². The van der Waals surface area contributed by atoms with Crippen molar-refractivity contribution in [2.75, 3.05) is 10.6 Å². The number of amides is 1. The maximum Gasteiger partial charge on any atom is 0.257 e. The highest BCUT2D eigenvalue weighted by Gasteiger charge is 2.09. The molecule has 2 N–H and O–H groups in total. The first-order valence-corrected chi connectivity index (χ1v) is 8.02. The first kappa shape index (κ1) is 17.2. The summed E-state index contributed by atoms with van der Waals surface area (Å²) >= 11 is 11.9. The summed E-state index contributed by atoms with van der Waals surface area (Å²) in [6.07, 6.45) is 1.39. The molecule has 126 valence electrons. The maximum atomic E-state index is 13.0. The molecule has 3 rings (SSSR count). The summed E-state index contributed by atoms with van der Waals surface area (Å²) in [5.74, 6) is -0.645. The number of aromatic nitrogens is 1. The molecule has 0 aliphatic rings. The predicted molar refractivity (Wildman–Crippen MR) is 98.3 cm³/mol. The highest BCUT2D eigenvalue weighted by Crippen LogP contribution is 2.29. The third-order valence-electron chi connectivity index (χ3n) is 3.34. The lowest BCUT2D eigenvalue weighted by molar-refractivity contribution is 0.102. The number of nitrogens with zero attached hydrogens (tertiary/aromatic N) is 1. The number of carbonyl (C=O) groups excluding carboxylic acids is 1. The van der Waals surface area contributed by atoms with Gasteiger partial charge in [-0.05, 0) is 54.6 Å². The van der Waals surface area contributed by atoms with Gasteiger partial charge in [0.25, 0.3) is 5.91 Å². The lowest BCUT2D eigenvalue weighted by atomic mass is 10.2. The molecule has 0 saturated heterocycles. The van der Waals surface area contributed by atoms with Crippen LogP contribution in [0.15, 0.2) is 60.8 Å². The van der Waals surface area contributed by atoms with Crippen molar-refractivity contribution in [3.05, 3.63) is 82.4 Å². The van der Waals surface area contributed by atoms with Gasteiger partial charge in [0.15, 0.2) is 0 Å². The largest absolute Gasteiger partial charge is 0.354 e. The molecule has 0 atom stereocenters. The van der Waals surface area contributed by atoms with Crippen molar-refractivity contribution in [3.63, 3.8) is 0 Å². The Balaban J connectivity index is 1.77. The fraction of sp³-hybridized carbons (Fsp3) is 0. The summed E-state index contributed by atoms with van der Waals surface area (Å²) in [7, 11) is 0. The second kappa shape index (κ2) is 7.51. The van der Waals surface area contributed by atoms with Crippen molar-refractivity contribution in [2.45, 2.75) is 0 Å². The van der Waals surface area contributed by atoms with E-state index in [9.17, 15) is 9.18 Å². The van der Waals surface area contributed by atoms with Gasteiger partial charge in [-0.1, -0.05) is 23.2 Å². The van der Waals surface area contributed by atoms with Crippen LogP contribution in [0.5, 0.6) is 0 Å². The quantitative estimate of drug-likeness (QED) is 0.590. The molecule has 0 bridgehead atoms. The fourth-order valence-electron chi connectivity index (χ4n) is 2.10. The smallest absolute Gasteiger partial charge is 0.257 e.